The predicted molar refractivity (Wildman–Crippen MR) is 54.5 cm³/mol. The maximum Gasteiger partial charge on any atom is -0.00460 e. The fraction of sp³-hybridized carbons (Fsp3) is 1.00. The quantitative estimate of drug-likeness (QED) is 0.710. The lowest BCUT2D eigenvalue weighted by atomic mass is 9.85. The summed E-state index contributed by atoms with van der Waals surface area (Å²) >= 11 is 0. The molecule has 0 spiro atoms. The van der Waals surface area contributed by atoms with E-state index in [1.807, 2.05) is 0 Å². The van der Waals surface area contributed by atoms with Crippen molar-refractivity contribution in [3.63, 3.8) is 0 Å². The fourth-order valence-corrected chi connectivity index (χ4v) is 2.68. The van der Waals surface area contributed by atoms with Crippen molar-refractivity contribution in [3.05, 3.63) is 0 Å². The Labute approximate surface area is 81.5 Å². The first kappa shape index (κ1) is 10.3. The van der Waals surface area contributed by atoms with Crippen LogP contribution in [0.25, 0.3) is 0 Å². The minimum atomic E-state index is 0. The molecule has 0 aromatic rings. The van der Waals surface area contributed by atoms with Gasteiger partial charge in [-0.25, -0.2) is 0 Å². The van der Waals surface area contributed by atoms with Crippen molar-refractivity contribution >= 4 is 12.4 Å². The van der Waals surface area contributed by atoms with Gasteiger partial charge in [0.05, 0.1) is 0 Å². The van der Waals surface area contributed by atoms with Crippen molar-refractivity contribution in [3.8, 4) is 0 Å². The van der Waals surface area contributed by atoms with Crippen LogP contribution in [-0.4, -0.2) is 6.54 Å². The molecule has 0 saturated heterocycles. The highest BCUT2D eigenvalue weighted by Gasteiger charge is 2.41. The van der Waals surface area contributed by atoms with Gasteiger partial charge in [-0.2, -0.15) is 0 Å². The van der Waals surface area contributed by atoms with Crippen molar-refractivity contribution in [2.24, 2.45) is 23.5 Å². The van der Waals surface area contributed by atoms with E-state index in [0.717, 1.165) is 24.3 Å². The molecule has 0 heterocycles. The largest absolute Gasteiger partial charge is 0.330 e. The van der Waals surface area contributed by atoms with Gasteiger partial charge >= 0.3 is 0 Å². The normalized spacial score (nSPS) is 35.8. The van der Waals surface area contributed by atoms with Gasteiger partial charge in [-0.1, -0.05) is 32.1 Å². The molecule has 2 atom stereocenters. The summed E-state index contributed by atoms with van der Waals surface area (Å²) in [6.07, 6.45) is 8.90. The fourth-order valence-electron chi connectivity index (χ4n) is 2.68. The summed E-state index contributed by atoms with van der Waals surface area (Å²) in [5, 5.41) is 0. The van der Waals surface area contributed by atoms with Gasteiger partial charge in [0.2, 0.25) is 0 Å². The maximum atomic E-state index is 5.63. The molecular formula is C10H20ClN. The van der Waals surface area contributed by atoms with Gasteiger partial charge < -0.3 is 5.73 Å². The van der Waals surface area contributed by atoms with Crippen LogP contribution in [0.15, 0.2) is 0 Å². The molecule has 2 heteroatoms. The third-order valence-electron chi connectivity index (χ3n) is 3.54. The Morgan fingerprint density at radius 1 is 1.08 bits per heavy atom. The molecule has 0 amide bonds. The van der Waals surface area contributed by atoms with Gasteiger partial charge in [-0.05, 0) is 30.7 Å². The van der Waals surface area contributed by atoms with Crippen LogP contribution in [0.4, 0.5) is 0 Å². The Hall–Kier alpha value is 0.250. The molecule has 2 saturated carbocycles. The Morgan fingerprint density at radius 2 is 1.75 bits per heavy atom. The Balaban J connectivity index is 0.000000720. The lowest BCUT2D eigenvalue weighted by Gasteiger charge is -2.21. The first-order valence-electron chi connectivity index (χ1n) is 5.12. The van der Waals surface area contributed by atoms with Crippen LogP contribution < -0.4 is 5.73 Å². The van der Waals surface area contributed by atoms with E-state index in [1.54, 1.807) is 0 Å². The van der Waals surface area contributed by atoms with Crippen LogP contribution in [0.3, 0.4) is 0 Å². The lowest BCUT2D eigenvalue weighted by Crippen LogP contribution is -2.12. The Kier molecular flexibility index (Phi) is 3.85. The zero-order chi connectivity index (χ0) is 7.68. The van der Waals surface area contributed by atoms with E-state index in [-0.39, 0.29) is 12.4 Å². The van der Waals surface area contributed by atoms with Crippen LogP contribution >= 0.6 is 12.4 Å². The summed E-state index contributed by atoms with van der Waals surface area (Å²) in [4.78, 5) is 0. The molecule has 2 unspecified atom stereocenters. The summed E-state index contributed by atoms with van der Waals surface area (Å²) < 4.78 is 0. The number of rotatable bonds is 2. The second-order valence-corrected chi connectivity index (χ2v) is 4.29. The molecule has 2 aliphatic carbocycles. The molecular weight excluding hydrogens is 170 g/mol. The van der Waals surface area contributed by atoms with Crippen molar-refractivity contribution < 1.29 is 0 Å². The van der Waals surface area contributed by atoms with E-state index in [2.05, 4.69) is 0 Å². The van der Waals surface area contributed by atoms with Crippen molar-refractivity contribution in [1.29, 1.82) is 0 Å². The van der Waals surface area contributed by atoms with Crippen molar-refractivity contribution in [1.82, 2.24) is 0 Å². The van der Waals surface area contributed by atoms with E-state index in [4.69, 9.17) is 5.73 Å². The molecule has 0 bridgehead atoms. The van der Waals surface area contributed by atoms with Gasteiger partial charge in [-0.3, -0.25) is 0 Å². The topological polar surface area (TPSA) is 26.0 Å². The van der Waals surface area contributed by atoms with Gasteiger partial charge in [0.25, 0.3) is 0 Å². The third kappa shape index (κ3) is 2.14. The van der Waals surface area contributed by atoms with Crippen LogP contribution in [0.5, 0.6) is 0 Å². The summed E-state index contributed by atoms with van der Waals surface area (Å²) in [5.41, 5.74) is 5.63. The van der Waals surface area contributed by atoms with E-state index in [1.165, 1.54) is 38.5 Å². The molecule has 2 N–H and O–H groups in total. The zero-order valence-electron chi connectivity index (χ0n) is 7.67. The summed E-state index contributed by atoms with van der Waals surface area (Å²) in [6.45, 7) is 0.946. The number of hydrogen-bond acceptors (Lipinski definition) is 1. The second kappa shape index (κ2) is 4.48. The van der Waals surface area contributed by atoms with Crippen LogP contribution in [0.1, 0.15) is 38.5 Å². The minimum Gasteiger partial charge on any atom is -0.330 e. The average Bonchev–Trinajstić information content (AvgIpc) is 2.85. The Bertz CT molecular complexity index is 132. The van der Waals surface area contributed by atoms with Crippen molar-refractivity contribution in [2.45, 2.75) is 38.5 Å². The molecule has 2 rings (SSSR count). The van der Waals surface area contributed by atoms with Crippen molar-refractivity contribution in [2.75, 3.05) is 6.54 Å². The molecule has 0 aromatic carbocycles. The zero-order valence-corrected chi connectivity index (χ0v) is 8.48. The molecule has 2 aliphatic rings. The van der Waals surface area contributed by atoms with E-state index >= 15 is 0 Å². The molecule has 0 aliphatic heterocycles. The molecule has 0 aromatic heterocycles. The van der Waals surface area contributed by atoms with Gasteiger partial charge in [0.15, 0.2) is 0 Å². The van der Waals surface area contributed by atoms with E-state index in [9.17, 15) is 0 Å². The summed E-state index contributed by atoms with van der Waals surface area (Å²) in [5.74, 6) is 3.02. The van der Waals surface area contributed by atoms with Gasteiger partial charge in [0.1, 0.15) is 0 Å². The predicted octanol–water partition coefficient (Wildman–Crippen LogP) is 2.58. The first-order chi connectivity index (χ1) is 5.42. The van der Waals surface area contributed by atoms with Crippen LogP contribution in [-0.2, 0) is 0 Å². The highest BCUT2D eigenvalue weighted by Crippen LogP contribution is 2.48. The van der Waals surface area contributed by atoms with Gasteiger partial charge in [0, 0.05) is 0 Å². The SMILES string of the molecule is Cl.NCC1CC1C1CCCCC1. The standard InChI is InChI=1S/C10H19N.ClH/c11-7-9-6-10(9)8-4-2-1-3-5-8;/h8-10H,1-7,11H2;1H. The van der Waals surface area contributed by atoms with Crippen LogP contribution in [0.2, 0.25) is 0 Å². The molecule has 72 valence electrons. The second-order valence-electron chi connectivity index (χ2n) is 4.29. The Morgan fingerprint density at radius 3 is 2.25 bits per heavy atom. The lowest BCUT2D eigenvalue weighted by molar-refractivity contribution is 0.310. The highest BCUT2D eigenvalue weighted by molar-refractivity contribution is 5.85. The number of halogens is 1. The molecule has 0 radical (unpaired) electrons. The van der Waals surface area contributed by atoms with Crippen LogP contribution in [0, 0.1) is 17.8 Å². The number of nitrogens with two attached hydrogens (primary N) is 1. The smallest absolute Gasteiger partial charge is 0.00460 e. The minimum absolute atomic E-state index is 0. The van der Waals surface area contributed by atoms with E-state index < -0.39 is 0 Å². The number of hydrogen-bond donors (Lipinski definition) is 1. The average molecular weight is 190 g/mol. The molecule has 12 heavy (non-hydrogen) atoms. The maximum absolute atomic E-state index is 5.63. The summed E-state index contributed by atoms with van der Waals surface area (Å²) in [7, 11) is 0. The highest BCUT2D eigenvalue weighted by atomic mass is 35.5. The monoisotopic (exact) mass is 189 g/mol. The summed E-state index contributed by atoms with van der Waals surface area (Å²) in [6, 6.07) is 0. The van der Waals surface area contributed by atoms with Gasteiger partial charge in [-0.15, -0.1) is 12.4 Å². The third-order valence-corrected chi connectivity index (χ3v) is 3.54. The molecule has 2 fully saturated rings. The van der Waals surface area contributed by atoms with E-state index in [0.29, 0.717) is 0 Å². The molecule has 1 nitrogen and oxygen atoms in total. The first-order valence-corrected chi connectivity index (χ1v) is 5.12.